The summed E-state index contributed by atoms with van der Waals surface area (Å²) in [5, 5.41) is 0. The molecule has 1 heterocycles. The lowest BCUT2D eigenvalue weighted by Gasteiger charge is -2.20. The van der Waals surface area contributed by atoms with Crippen molar-refractivity contribution in [3.8, 4) is 0 Å². The van der Waals surface area contributed by atoms with Gasteiger partial charge in [-0.15, -0.1) is 11.3 Å². The van der Waals surface area contributed by atoms with Crippen molar-refractivity contribution in [1.82, 2.24) is 0 Å². The van der Waals surface area contributed by atoms with Gasteiger partial charge in [0.2, 0.25) is 0 Å². The maximum Gasteiger partial charge on any atom is 0.173 e. The quantitative estimate of drug-likeness (QED) is 0.563. The van der Waals surface area contributed by atoms with Gasteiger partial charge in [-0.05, 0) is 74.3 Å². The van der Waals surface area contributed by atoms with E-state index in [1.165, 1.54) is 68.2 Å². The highest BCUT2D eigenvalue weighted by molar-refractivity contribution is 7.14. The van der Waals surface area contributed by atoms with Crippen LogP contribution in [0.3, 0.4) is 0 Å². The third-order valence-electron chi connectivity index (χ3n) is 5.85. The Hall–Kier alpha value is -0.630. The highest BCUT2D eigenvalue weighted by atomic mass is 32.1. The fourth-order valence-electron chi connectivity index (χ4n) is 4.77. The number of carbonyl (C=O) groups is 1. The molecule has 2 heteroatoms. The Kier molecular flexibility index (Phi) is 3.45. The van der Waals surface area contributed by atoms with Crippen LogP contribution in [0.4, 0.5) is 0 Å². The van der Waals surface area contributed by atoms with Crippen molar-refractivity contribution >= 4 is 17.1 Å². The summed E-state index contributed by atoms with van der Waals surface area (Å²) in [6.45, 7) is 0. The molecular weight excluding hydrogens is 264 g/mol. The van der Waals surface area contributed by atoms with Crippen molar-refractivity contribution in [2.75, 3.05) is 0 Å². The minimum Gasteiger partial charge on any atom is -0.293 e. The number of hydrogen-bond donors (Lipinski definition) is 0. The van der Waals surface area contributed by atoms with Crippen molar-refractivity contribution in [1.29, 1.82) is 0 Å². The maximum atomic E-state index is 12.6. The summed E-state index contributed by atoms with van der Waals surface area (Å²) in [6, 6.07) is 2.24. The molecule has 0 spiro atoms. The lowest BCUT2D eigenvalue weighted by atomic mass is 9.85. The van der Waals surface area contributed by atoms with Crippen LogP contribution in [0, 0.1) is 17.8 Å². The van der Waals surface area contributed by atoms with Gasteiger partial charge in [0.05, 0.1) is 4.88 Å². The predicted molar refractivity (Wildman–Crippen MR) is 83.5 cm³/mol. The molecule has 0 saturated heterocycles. The monoisotopic (exact) mass is 288 g/mol. The molecule has 3 unspecified atom stereocenters. The second-order valence-electron chi connectivity index (χ2n) is 7.18. The topological polar surface area (TPSA) is 17.1 Å². The lowest BCUT2D eigenvalue weighted by Crippen LogP contribution is -2.14. The highest BCUT2D eigenvalue weighted by Gasteiger charge is 2.40. The minimum absolute atomic E-state index is 0.445. The molecule has 0 N–H and O–H groups in total. The number of fused-ring (bicyclic) bond motifs is 3. The molecule has 0 aromatic carbocycles. The third-order valence-corrected chi connectivity index (χ3v) is 7.13. The van der Waals surface area contributed by atoms with E-state index in [0.29, 0.717) is 11.7 Å². The van der Waals surface area contributed by atoms with Gasteiger partial charge in [0.1, 0.15) is 0 Å². The summed E-state index contributed by atoms with van der Waals surface area (Å²) in [4.78, 5) is 15.2. The first-order chi connectivity index (χ1) is 9.79. The van der Waals surface area contributed by atoms with Crippen LogP contribution in [0.2, 0.25) is 0 Å². The summed E-state index contributed by atoms with van der Waals surface area (Å²) in [7, 11) is 0. The number of aryl methyl sites for hydroxylation is 2. The SMILES string of the molecule is O=C(CC1CC2CCC1C2)c1cc2c(s1)CCCCC2. The smallest absolute Gasteiger partial charge is 0.173 e. The molecule has 2 saturated carbocycles. The number of Topliss-reactive ketones (excluding diaryl/α,β-unsaturated/α-hetero) is 1. The van der Waals surface area contributed by atoms with Crippen LogP contribution in [-0.4, -0.2) is 5.78 Å². The van der Waals surface area contributed by atoms with Crippen molar-refractivity contribution in [3.05, 3.63) is 21.4 Å². The maximum absolute atomic E-state index is 12.6. The normalized spacial score (nSPS) is 32.1. The van der Waals surface area contributed by atoms with Crippen LogP contribution in [0.15, 0.2) is 6.07 Å². The van der Waals surface area contributed by atoms with E-state index in [4.69, 9.17) is 0 Å². The van der Waals surface area contributed by atoms with Gasteiger partial charge in [-0.3, -0.25) is 4.79 Å². The Morgan fingerprint density at radius 3 is 2.85 bits per heavy atom. The van der Waals surface area contributed by atoms with Gasteiger partial charge < -0.3 is 0 Å². The van der Waals surface area contributed by atoms with E-state index < -0.39 is 0 Å². The first kappa shape index (κ1) is 13.1. The fraction of sp³-hybridized carbons (Fsp3) is 0.722. The molecule has 20 heavy (non-hydrogen) atoms. The zero-order chi connectivity index (χ0) is 13.5. The van der Waals surface area contributed by atoms with E-state index in [9.17, 15) is 4.79 Å². The zero-order valence-electron chi connectivity index (χ0n) is 12.2. The number of rotatable bonds is 3. The average Bonchev–Trinajstić information content (AvgIpc) is 3.11. The third kappa shape index (κ3) is 2.36. The molecule has 1 aromatic rings. The van der Waals surface area contributed by atoms with E-state index in [0.717, 1.165) is 23.1 Å². The number of ketones is 1. The molecule has 4 rings (SSSR count). The Bertz CT molecular complexity index is 492. The summed E-state index contributed by atoms with van der Waals surface area (Å²) in [6.07, 6.45) is 12.8. The van der Waals surface area contributed by atoms with Gasteiger partial charge in [-0.25, -0.2) is 0 Å². The Morgan fingerprint density at radius 1 is 1.15 bits per heavy atom. The first-order valence-corrected chi connectivity index (χ1v) is 9.26. The fourth-order valence-corrected chi connectivity index (χ4v) is 5.97. The molecule has 1 aromatic heterocycles. The Morgan fingerprint density at radius 2 is 2.05 bits per heavy atom. The van der Waals surface area contributed by atoms with Gasteiger partial charge in [0.25, 0.3) is 0 Å². The van der Waals surface area contributed by atoms with Crippen molar-refractivity contribution in [3.63, 3.8) is 0 Å². The van der Waals surface area contributed by atoms with E-state index in [1.54, 1.807) is 0 Å². The number of carbonyl (C=O) groups excluding carboxylic acids is 1. The zero-order valence-corrected chi connectivity index (χ0v) is 13.0. The summed E-state index contributed by atoms with van der Waals surface area (Å²) >= 11 is 1.81. The number of thiophene rings is 1. The van der Waals surface area contributed by atoms with Crippen LogP contribution in [0.1, 0.15) is 71.5 Å². The average molecular weight is 288 g/mol. The molecular formula is C18H24OS. The van der Waals surface area contributed by atoms with E-state index >= 15 is 0 Å². The molecule has 0 amide bonds. The largest absolute Gasteiger partial charge is 0.293 e. The molecule has 0 aliphatic heterocycles. The van der Waals surface area contributed by atoms with Crippen molar-refractivity contribution in [2.45, 2.75) is 64.2 Å². The van der Waals surface area contributed by atoms with E-state index in [2.05, 4.69) is 6.07 Å². The van der Waals surface area contributed by atoms with Crippen molar-refractivity contribution < 1.29 is 4.79 Å². The first-order valence-electron chi connectivity index (χ1n) is 8.44. The number of hydrogen-bond acceptors (Lipinski definition) is 2. The van der Waals surface area contributed by atoms with Gasteiger partial charge in [-0.2, -0.15) is 0 Å². The molecule has 2 fully saturated rings. The van der Waals surface area contributed by atoms with Crippen LogP contribution in [-0.2, 0) is 12.8 Å². The van der Waals surface area contributed by atoms with Crippen LogP contribution >= 0.6 is 11.3 Å². The summed E-state index contributed by atoms with van der Waals surface area (Å²) in [5.41, 5.74) is 1.49. The molecule has 2 bridgehead atoms. The molecule has 108 valence electrons. The Labute approximate surface area is 125 Å². The predicted octanol–water partition coefficient (Wildman–Crippen LogP) is 5.03. The van der Waals surface area contributed by atoms with Gasteiger partial charge in [0, 0.05) is 11.3 Å². The van der Waals surface area contributed by atoms with E-state index in [1.807, 2.05) is 11.3 Å². The van der Waals surface area contributed by atoms with Crippen LogP contribution in [0.25, 0.3) is 0 Å². The van der Waals surface area contributed by atoms with Crippen molar-refractivity contribution in [2.24, 2.45) is 17.8 Å². The second-order valence-corrected chi connectivity index (χ2v) is 8.32. The second kappa shape index (κ2) is 5.29. The minimum atomic E-state index is 0.445. The van der Waals surface area contributed by atoms with Gasteiger partial charge >= 0.3 is 0 Å². The lowest BCUT2D eigenvalue weighted by molar-refractivity contribution is 0.0948. The summed E-state index contributed by atoms with van der Waals surface area (Å²) in [5.74, 6) is 2.99. The Balaban J connectivity index is 1.46. The van der Waals surface area contributed by atoms with Crippen LogP contribution < -0.4 is 0 Å². The van der Waals surface area contributed by atoms with Crippen LogP contribution in [0.5, 0.6) is 0 Å². The van der Waals surface area contributed by atoms with Gasteiger partial charge in [0.15, 0.2) is 5.78 Å². The van der Waals surface area contributed by atoms with Gasteiger partial charge in [-0.1, -0.05) is 12.8 Å². The standard InChI is InChI=1S/C18H24OS/c19-16(10-15-9-12-6-7-13(15)8-12)18-11-14-4-2-1-3-5-17(14)20-18/h11-13,15H,1-10H2. The molecule has 3 aliphatic rings. The molecule has 0 radical (unpaired) electrons. The molecule has 1 nitrogen and oxygen atoms in total. The molecule has 3 aliphatic carbocycles. The highest BCUT2D eigenvalue weighted by Crippen LogP contribution is 2.50. The summed E-state index contributed by atoms with van der Waals surface area (Å²) < 4.78 is 0. The van der Waals surface area contributed by atoms with E-state index in [-0.39, 0.29) is 0 Å². The molecule has 3 atom stereocenters.